The molecule has 2 saturated heterocycles. The van der Waals surface area contributed by atoms with E-state index in [2.05, 4.69) is 5.32 Å². The standard InChI is InChI=1S/C17H22N2O4S/c1-11-3-4-15(12(2)7-11)18-17(21)13-8-16(20)19(9-13)14-5-6-24(22,23)10-14/h3-4,7,13-14H,5-6,8-10H2,1-2H3,(H,18,21). The highest BCUT2D eigenvalue weighted by Gasteiger charge is 2.41. The summed E-state index contributed by atoms with van der Waals surface area (Å²) in [4.78, 5) is 26.3. The van der Waals surface area contributed by atoms with Crippen LogP contribution in [0, 0.1) is 19.8 Å². The van der Waals surface area contributed by atoms with Gasteiger partial charge in [-0.1, -0.05) is 17.7 Å². The van der Waals surface area contributed by atoms with E-state index in [-0.39, 0.29) is 35.8 Å². The molecule has 1 aromatic carbocycles. The van der Waals surface area contributed by atoms with E-state index < -0.39 is 15.8 Å². The van der Waals surface area contributed by atoms with Crippen LogP contribution in [0.5, 0.6) is 0 Å². The summed E-state index contributed by atoms with van der Waals surface area (Å²) in [6, 6.07) is 5.51. The Labute approximate surface area is 142 Å². The molecule has 0 saturated carbocycles. The van der Waals surface area contributed by atoms with Gasteiger partial charge in [-0.2, -0.15) is 0 Å². The number of benzene rings is 1. The molecule has 6 nitrogen and oxygen atoms in total. The van der Waals surface area contributed by atoms with E-state index in [1.165, 1.54) is 0 Å². The minimum absolute atomic E-state index is 0.0180. The quantitative estimate of drug-likeness (QED) is 0.890. The van der Waals surface area contributed by atoms with E-state index >= 15 is 0 Å². The van der Waals surface area contributed by atoms with Crippen LogP contribution in [0.4, 0.5) is 5.69 Å². The van der Waals surface area contributed by atoms with Crippen molar-refractivity contribution in [3.63, 3.8) is 0 Å². The minimum atomic E-state index is -3.05. The van der Waals surface area contributed by atoms with Crippen LogP contribution < -0.4 is 5.32 Å². The molecule has 7 heteroatoms. The van der Waals surface area contributed by atoms with Gasteiger partial charge in [-0.3, -0.25) is 9.59 Å². The average Bonchev–Trinajstić information content (AvgIpc) is 3.04. The Morgan fingerprint density at radius 2 is 2.04 bits per heavy atom. The maximum absolute atomic E-state index is 12.5. The van der Waals surface area contributed by atoms with Crippen molar-refractivity contribution < 1.29 is 18.0 Å². The lowest BCUT2D eigenvalue weighted by Crippen LogP contribution is -2.38. The number of carbonyl (C=O) groups is 2. The largest absolute Gasteiger partial charge is 0.338 e. The van der Waals surface area contributed by atoms with Crippen molar-refractivity contribution in [2.75, 3.05) is 23.4 Å². The number of hydrogen-bond donors (Lipinski definition) is 1. The smallest absolute Gasteiger partial charge is 0.229 e. The van der Waals surface area contributed by atoms with E-state index in [0.717, 1.165) is 16.8 Å². The summed E-state index contributed by atoms with van der Waals surface area (Å²) >= 11 is 0. The molecule has 2 atom stereocenters. The van der Waals surface area contributed by atoms with E-state index in [1.54, 1.807) is 4.90 Å². The summed E-state index contributed by atoms with van der Waals surface area (Å²) in [6.45, 7) is 4.22. The van der Waals surface area contributed by atoms with Crippen LogP contribution >= 0.6 is 0 Å². The molecular weight excluding hydrogens is 328 g/mol. The van der Waals surface area contributed by atoms with Crippen LogP contribution in [0.3, 0.4) is 0 Å². The molecule has 2 heterocycles. The lowest BCUT2D eigenvalue weighted by Gasteiger charge is -2.23. The zero-order chi connectivity index (χ0) is 17.5. The number of amides is 2. The van der Waals surface area contributed by atoms with E-state index in [1.807, 2.05) is 32.0 Å². The van der Waals surface area contributed by atoms with Gasteiger partial charge in [0.25, 0.3) is 0 Å². The van der Waals surface area contributed by atoms with Crippen LogP contribution in [0.15, 0.2) is 18.2 Å². The molecule has 0 radical (unpaired) electrons. The molecule has 0 spiro atoms. The first kappa shape index (κ1) is 17.0. The normalized spacial score (nSPS) is 25.9. The molecule has 24 heavy (non-hydrogen) atoms. The molecule has 0 aromatic heterocycles. The number of nitrogens with zero attached hydrogens (tertiary/aromatic N) is 1. The van der Waals surface area contributed by atoms with E-state index in [9.17, 15) is 18.0 Å². The van der Waals surface area contributed by atoms with E-state index in [4.69, 9.17) is 0 Å². The zero-order valence-electron chi connectivity index (χ0n) is 13.9. The summed E-state index contributed by atoms with van der Waals surface area (Å²) in [5, 5.41) is 2.89. The van der Waals surface area contributed by atoms with Gasteiger partial charge in [0.2, 0.25) is 11.8 Å². The van der Waals surface area contributed by atoms with Crippen LogP contribution in [-0.2, 0) is 19.4 Å². The van der Waals surface area contributed by atoms with Gasteiger partial charge in [0.1, 0.15) is 0 Å². The molecule has 2 amide bonds. The average molecular weight is 350 g/mol. The second-order valence-electron chi connectivity index (χ2n) is 6.81. The number of nitrogens with one attached hydrogen (secondary N) is 1. The van der Waals surface area contributed by atoms with Gasteiger partial charge in [-0.25, -0.2) is 8.42 Å². The summed E-state index contributed by atoms with van der Waals surface area (Å²) < 4.78 is 23.2. The molecule has 0 bridgehead atoms. The first-order chi connectivity index (χ1) is 11.2. The van der Waals surface area contributed by atoms with Crippen molar-refractivity contribution in [3.05, 3.63) is 29.3 Å². The first-order valence-corrected chi connectivity index (χ1v) is 9.95. The monoisotopic (exact) mass is 350 g/mol. The van der Waals surface area contributed by atoms with Crippen LogP contribution in [0.1, 0.15) is 24.0 Å². The second-order valence-corrected chi connectivity index (χ2v) is 9.04. The second kappa shape index (κ2) is 6.20. The van der Waals surface area contributed by atoms with Crippen molar-refractivity contribution in [2.24, 2.45) is 5.92 Å². The molecule has 130 valence electrons. The van der Waals surface area contributed by atoms with E-state index in [0.29, 0.717) is 13.0 Å². The van der Waals surface area contributed by atoms with Crippen LogP contribution in [0.25, 0.3) is 0 Å². The van der Waals surface area contributed by atoms with Gasteiger partial charge in [0.05, 0.1) is 17.4 Å². The molecule has 1 N–H and O–H groups in total. The zero-order valence-corrected chi connectivity index (χ0v) is 14.7. The first-order valence-electron chi connectivity index (χ1n) is 8.13. The topological polar surface area (TPSA) is 83.6 Å². The maximum atomic E-state index is 12.5. The lowest BCUT2D eigenvalue weighted by atomic mass is 10.1. The molecule has 3 rings (SSSR count). The van der Waals surface area contributed by atoms with Crippen molar-refractivity contribution in [1.29, 1.82) is 0 Å². The Balaban J connectivity index is 1.66. The summed E-state index contributed by atoms with van der Waals surface area (Å²) in [5.41, 5.74) is 2.85. The van der Waals surface area contributed by atoms with Crippen LogP contribution in [-0.4, -0.2) is 49.2 Å². The predicted octanol–water partition coefficient (Wildman–Crippen LogP) is 1.28. The Kier molecular flexibility index (Phi) is 4.38. The summed E-state index contributed by atoms with van der Waals surface area (Å²) in [5.74, 6) is -0.594. The number of hydrogen-bond acceptors (Lipinski definition) is 4. The Morgan fingerprint density at radius 1 is 1.29 bits per heavy atom. The van der Waals surface area contributed by atoms with Crippen LogP contribution in [0.2, 0.25) is 0 Å². The fraction of sp³-hybridized carbons (Fsp3) is 0.529. The predicted molar refractivity (Wildman–Crippen MR) is 91.4 cm³/mol. The lowest BCUT2D eigenvalue weighted by molar-refractivity contribution is -0.129. The number of sulfone groups is 1. The van der Waals surface area contributed by atoms with Crippen molar-refractivity contribution >= 4 is 27.3 Å². The maximum Gasteiger partial charge on any atom is 0.229 e. The Hall–Kier alpha value is -1.89. The van der Waals surface area contributed by atoms with Gasteiger partial charge in [-0.05, 0) is 31.9 Å². The summed E-state index contributed by atoms with van der Waals surface area (Å²) in [6.07, 6.45) is 0.618. The van der Waals surface area contributed by atoms with Crippen molar-refractivity contribution in [1.82, 2.24) is 4.90 Å². The number of rotatable bonds is 3. The fourth-order valence-electron chi connectivity index (χ4n) is 3.47. The third-order valence-corrected chi connectivity index (χ3v) is 6.57. The Morgan fingerprint density at radius 3 is 2.67 bits per heavy atom. The highest BCUT2D eigenvalue weighted by Crippen LogP contribution is 2.27. The molecule has 2 fully saturated rings. The third-order valence-electron chi connectivity index (χ3n) is 4.82. The Bertz CT molecular complexity index is 788. The van der Waals surface area contributed by atoms with Gasteiger partial charge < -0.3 is 10.2 Å². The number of aryl methyl sites for hydroxylation is 2. The molecule has 2 aliphatic heterocycles. The van der Waals surface area contributed by atoms with Gasteiger partial charge in [0, 0.05) is 24.7 Å². The number of anilines is 1. The molecular formula is C17H22N2O4S. The number of carbonyl (C=O) groups excluding carboxylic acids is 2. The number of likely N-dealkylation sites (tertiary alicyclic amines) is 1. The third kappa shape index (κ3) is 3.45. The highest BCUT2D eigenvalue weighted by molar-refractivity contribution is 7.91. The minimum Gasteiger partial charge on any atom is -0.338 e. The van der Waals surface area contributed by atoms with Gasteiger partial charge in [-0.15, -0.1) is 0 Å². The molecule has 0 aliphatic carbocycles. The molecule has 2 aliphatic rings. The van der Waals surface area contributed by atoms with Crippen molar-refractivity contribution in [2.45, 2.75) is 32.7 Å². The molecule has 1 aromatic rings. The van der Waals surface area contributed by atoms with Gasteiger partial charge in [0.15, 0.2) is 9.84 Å². The highest BCUT2D eigenvalue weighted by atomic mass is 32.2. The van der Waals surface area contributed by atoms with Gasteiger partial charge >= 0.3 is 0 Å². The summed E-state index contributed by atoms with van der Waals surface area (Å²) in [7, 11) is -3.05. The van der Waals surface area contributed by atoms with Crippen molar-refractivity contribution in [3.8, 4) is 0 Å². The SMILES string of the molecule is Cc1ccc(NC(=O)C2CC(=O)N(C3CCS(=O)(=O)C3)C2)c(C)c1. The molecule has 2 unspecified atom stereocenters. The fourth-order valence-corrected chi connectivity index (χ4v) is 5.20.